The van der Waals surface area contributed by atoms with E-state index in [9.17, 15) is 17.6 Å². The monoisotopic (exact) mass is 588 g/mol. The average molecular weight is 589 g/mol. The zero-order valence-electron chi connectivity index (χ0n) is 23.4. The highest BCUT2D eigenvalue weighted by Gasteiger charge is 2.37. The van der Waals surface area contributed by atoms with Crippen LogP contribution in [0, 0.1) is 18.2 Å². The van der Waals surface area contributed by atoms with Crippen molar-refractivity contribution in [3.05, 3.63) is 108 Å². The summed E-state index contributed by atoms with van der Waals surface area (Å²) in [5, 5.41) is 0. The normalized spacial score (nSPS) is 19.7. The first-order chi connectivity index (χ1) is 19.5. The largest absolute Gasteiger partial charge is 0.416 e. The Labute approximate surface area is 243 Å². The molecule has 1 aromatic carbocycles. The number of alkyl halides is 3. The minimum absolute atomic E-state index is 0.291. The standard InChI is InChI=1S/C23H30FN5S.C7H6F3N/c1-4-23(12-17(14-25)16-27-2)13-18(15-26)22(11-19(23)9-10-28-30-3)29-21-7-5-20(24)6-8-21;1-5-4-6(2-3-11-5)7(8,9)10/h4-8,11,14-16,28H,1,9-10,12-13,25-26H2,2-3H3;2-4H,1H3/b17-14-,18-15-,27-16?,29-22?;. The van der Waals surface area contributed by atoms with Crippen LogP contribution >= 0.6 is 11.9 Å². The van der Waals surface area contributed by atoms with Crippen LogP contribution in [0.1, 0.15) is 30.5 Å². The number of aromatic nitrogens is 1. The van der Waals surface area contributed by atoms with Gasteiger partial charge in [0.25, 0.3) is 0 Å². The molecule has 1 aromatic heterocycles. The zero-order valence-corrected chi connectivity index (χ0v) is 24.2. The van der Waals surface area contributed by atoms with Gasteiger partial charge >= 0.3 is 6.18 Å². The number of nitrogens with one attached hydrogen (secondary N) is 1. The lowest BCUT2D eigenvalue weighted by molar-refractivity contribution is -0.137. The number of hydrogen-bond acceptors (Lipinski definition) is 7. The molecule has 1 aliphatic carbocycles. The number of halogens is 4. The van der Waals surface area contributed by atoms with E-state index in [2.05, 4.69) is 27.4 Å². The van der Waals surface area contributed by atoms with Crippen molar-refractivity contribution >= 4 is 29.6 Å². The summed E-state index contributed by atoms with van der Waals surface area (Å²) < 4.78 is 52.4. The van der Waals surface area contributed by atoms with E-state index < -0.39 is 11.7 Å². The van der Waals surface area contributed by atoms with Crippen molar-refractivity contribution in [2.24, 2.45) is 26.9 Å². The number of aryl methyl sites for hydroxylation is 1. The molecule has 3 rings (SSSR count). The summed E-state index contributed by atoms with van der Waals surface area (Å²) in [7, 11) is 1.72. The van der Waals surface area contributed by atoms with Gasteiger partial charge in [-0.05, 0) is 98.5 Å². The van der Waals surface area contributed by atoms with Crippen LogP contribution in [0.3, 0.4) is 0 Å². The van der Waals surface area contributed by atoms with E-state index in [1.165, 1.54) is 24.6 Å². The maximum absolute atomic E-state index is 13.3. The Morgan fingerprint density at radius 2 is 1.93 bits per heavy atom. The number of aliphatic imine (C=N–C) groups is 2. The second-order valence-electron chi connectivity index (χ2n) is 9.21. The molecule has 11 heteroatoms. The fourth-order valence-corrected chi connectivity index (χ4v) is 4.61. The molecule has 0 amide bonds. The first kappa shape index (κ1) is 33.5. The van der Waals surface area contributed by atoms with Crippen LogP contribution in [-0.2, 0) is 6.18 Å². The first-order valence-corrected chi connectivity index (χ1v) is 13.9. The first-order valence-electron chi connectivity index (χ1n) is 12.7. The van der Waals surface area contributed by atoms with Gasteiger partial charge in [0.2, 0.25) is 0 Å². The second kappa shape index (κ2) is 15.9. The maximum atomic E-state index is 13.3. The number of nitrogens with two attached hydrogens (primary N) is 2. The van der Waals surface area contributed by atoms with E-state index in [0.29, 0.717) is 24.2 Å². The van der Waals surface area contributed by atoms with Crippen LogP contribution < -0.4 is 16.2 Å². The lowest BCUT2D eigenvalue weighted by Crippen LogP contribution is -2.31. The highest BCUT2D eigenvalue weighted by atomic mass is 32.2. The lowest BCUT2D eigenvalue weighted by atomic mass is 9.66. The third-order valence-electron chi connectivity index (χ3n) is 6.35. The molecule has 5 N–H and O–H groups in total. The quantitative estimate of drug-likeness (QED) is 0.0979. The van der Waals surface area contributed by atoms with E-state index in [1.54, 1.807) is 49.7 Å². The molecule has 1 atom stereocenters. The predicted octanol–water partition coefficient (Wildman–Crippen LogP) is 6.84. The smallest absolute Gasteiger partial charge is 0.404 e. The lowest BCUT2D eigenvalue weighted by Gasteiger charge is -2.38. The van der Waals surface area contributed by atoms with Gasteiger partial charge in [-0.1, -0.05) is 23.6 Å². The van der Waals surface area contributed by atoms with E-state index in [4.69, 9.17) is 16.5 Å². The van der Waals surface area contributed by atoms with Crippen molar-refractivity contribution in [3.63, 3.8) is 0 Å². The van der Waals surface area contributed by atoms with Gasteiger partial charge in [0, 0.05) is 37.1 Å². The van der Waals surface area contributed by atoms with Crippen molar-refractivity contribution < 1.29 is 17.6 Å². The third-order valence-corrected chi connectivity index (χ3v) is 6.84. The molecule has 1 heterocycles. The number of allylic oxidation sites excluding steroid dienone is 4. The summed E-state index contributed by atoms with van der Waals surface area (Å²) in [6, 6.07) is 8.07. The second-order valence-corrected chi connectivity index (χ2v) is 9.91. The summed E-state index contributed by atoms with van der Waals surface area (Å²) in [6.07, 6.45) is 10.0. The van der Waals surface area contributed by atoms with Crippen LogP contribution in [-0.4, -0.2) is 36.8 Å². The summed E-state index contributed by atoms with van der Waals surface area (Å²) in [5.74, 6) is -0.291. The number of pyridine rings is 1. The highest BCUT2D eigenvalue weighted by molar-refractivity contribution is 7.96. The van der Waals surface area contributed by atoms with Gasteiger partial charge < -0.3 is 11.5 Å². The Morgan fingerprint density at radius 1 is 1.22 bits per heavy atom. The van der Waals surface area contributed by atoms with Crippen molar-refractivity contribution in [3.8, 4) is 0 Å². The van der Waals surface area contributed by atoms with Crippen molar-refractivity contribution in [2.75, 3.05) is 19.8 Å². The molecule has 2 aromatic rings. The summed E-state index contributed by atoms with van der Waals surface area (Å²) in [5.41, 5.74) is 15.7. The molecule has 0 spiro atoms. The van der Waals surface area contributed by atoms with E-state index in [1.807, 2.05) is 12.3 Å². The topological polar surface area (TPSA) is 102 Å². The van der Waals surface area contributed by atoms with Gasteiger partial charge in [0.05, 0.1) is 17.0 Å². The Kier molecular flexibility index (Phi) is 13.0. The van der Waals surface area contributed by atoms with Crippen molar-refractivity contribution in [1.82, 2.24) is 9.71 Å². The fourth-order valence-electron chi connectivity index (χ4n) is 4.31. The van der Waals surface area contributed by atoms with Gasteiger partial charge in [-0.15, -0.1) is 6.58 Å². The molecule has 41 heavy (non-hydrogen) atoms. The average Bonchev–Trinajstić information content (AvgIpc) is 2.95. The molecule has 6 nitrogen and oxygen atoms in total. The van der Waals surface area contributed by atoms with Crippen LogP contribution in [0.5, 0.6) is 0 Å². The molecule has 220 valence electrons. The molecule has 1 aliphatic rings. The predicted molar refractivity (Wildman–Crippen MR) is 163 cm³/mol. The van der Waals surface area contributed by atoms with Gasteiger partial charge in [-0.25, -0.2) is 9.38 Å². The molecular formula is C30H36F4N6S. The molecule has 0 fully saturated rings. The van der Waals surface area contributed by atoms with E-state index >= 15 is 0 Å². The van der Waals surface area contributed by atoms with Crippen molar-refractivity contribution in [2.45, 2.75) is 32.4 Å². The highest BCUT2D eigenvalue weighted by Crippen LogP contribution is 2.46. The molecule has 1 unspecified atom stereocenters. The number of nitrogens with zero attached hydrogens (tertiary/aromatic N) is 3. The Hall–Kier alpha value is -3.70. The van der Waals surface area contributed by atoms with Crippen LogP contribution in [0.15, 0.2) is 100 Å². The van der Waals surface area contributed by atoms with Gasteiger partial charge in [-0.2, -0.15) is 13.2 Å². The van der Waals surface area contributed by atoms with Gasteiger partial charge in [0.15, 0.2) is 0 Å². The number of benzene rings is 1. The summed E-state index contributed by atoms with van der Waals surface area (Å²) >= 11 is 1.58. The fraction of sp³-hybridized carbons (Fsp3) is 0.300. The number of rotatable bonds is 9. The molecule has 0 aliphatic heterocycles. The molecule has 0 bridgehead atoms. The van der Waals surface area contributed by atoms with Gasteiger partial charge in [0.1, 0.15) is 5.82 Å². The SMILES string of the molecule is C=CC1(C/C(C=NC)=C/N)C/C(=C/N)C(=Nc2ccc(F)cc2)C=C1CCNSC.Cc1cc(C(F)(F)F)ccn1. The molecule has 0 radical (unpaired) electrons. The Morgan fingerprint density at radius 3 is 2.44 bits per heavy atom. The Balaban J connectivity index is 0.000000446. The maximum Gasteiger partial charge on any atom is 0.416 e. The van der Waals surface area contributed by atoms with Crippen molar-refractivity contribution in [1.29, 1.82) is 0 Å². The molecular weight excluding hydrogens is 552 g/mol. The summed E-state index contributed by atoms with van der Waals surface area (Å²) in [4.78, 5) is 12.5. The summed E-state index contributed by atoms with van der Waals surface area (Å²) in [6.45, 7) is 6.47. The minimum Gasteiger partial charge on any atom is -0.404 e. The van der Waals surface area contributed by atoms with Crippen LogP contribution in [0.4, 0.5) is 23.2 Å². The Bertz CT molecular complexity index is 1310. The molecule has 0 saturated carbocycles. The zero-order chi connectivity index (χ0) is 30.5. The van der Waals surface area contributed by atoms with E-state index in [0.717, 1.165) is 48.2 Å². The minimum atomic E-state index is -4.26. The molecule has 0 saturated heterocycles. The number of hydrogen-bond donors (Lipinski definition) is 3. The van der Waals surface area contributed by atoms with Gasteiger partial charge in [-0.3, -0.25) is 14.7 Å². The third kappa shape index (κ3) is 10.0. The van der Waals surface area contributed by atoms with Crippen LogP contribution in [0.2, 0.25) is 0 Å². The van der Waals surface area contributed by atoms with Crippen LogP contribution in [0.25, 0.3) is 0 Å². The van der Waals surface area contributed by atoms with E-state index in [-0.39, 0.29) is 11.2 Å².